The van der Waals surface area contributed by atoms with Gasteiger partial charge in [-0.05, 0) is 9.98 Å². The Bertz CT molecular complexity index is 721. The number of aliphatic hydroxyl groups excluding tert-OH is 2. The zero-order chi connectivity index (χ0) is 22.3. The second kappa shape index (κ2) is 20.4. The number of hydrogen-bond acceptors (Lipinski definition) is 12. The first-order valence-electron chi connectivity index (χ1n) is 6.12. The molecule has 0 saturated carbocycles. The Balaban J connectivity index is -0.000000102. The first-order valence-corrected chi connectivity index (χ1v) is 6.12. The number of nitrogens with zero attached hydrogens (tertiary/aromatic N) is 6. The van der Waals surface area contributed by atoms with Crippen molar-refractivity contribution < 1.29 is 71.8 Å². The van der Waals surface area contributed by atoms with E-state index in [2.05, 4.69) is 20.0 Å². The van der Waals surface area contributed by atoms with E-state index in [1.54, 1.807) is 0 Å². The molecule has 2 heterocycles. The van der Waals surface area contributed by atoms with Gasteiger partial charge in [0.2, 0.25) is 0 Å². The zero-order valence-electron chi connectivity index (χ0n) is 15.2. The van der Waals surface area contributed by atoms with Gasteiger partial charge in [-0.1, -0.05) is 0 Å². The van der Waals surface area contributed by atoms with Gasteiger partial charge in [-0.25, -0.2) is 9.98 Å². The van der Waals surface area contributed by atoms with Crippen molar-refractivity contribution in [3.05, 3.63) is 53.9 Å². The van der Waals surface area contributed by atoms with Crippen molar-refractivity contribution in [2.75, 3.05) is 0 Å². The second-order valence-corrected chi connectivity index (χ2v) is 3.64. The third-order valence-electron chi connectivity index (χ3n) is 1.86. The van der Waals surface area contributed by atoms with Crippen molar-refractivity contribution in [1.29, 1.82) is 0 Å². The fourth-order valence-corrected chi connectivity index (χ4v) is 1.03. The van der Waals surface area contributed by atoms with E-state index in [-0.39, 0.29) is 53.5 Å². The Hall–Kier alpha value is -4.36. The Kier molecular flexibility index (Phi) is 24.6. The molecular formula is C10H16N8O12Zn+2. The maximum Gasteiger partial charge on any atom is 2.00 e. The summed E-state index contributed by atoms with van der Waals surface area (Å²) in [5.41, 5.74) is -0.412. The molecule has 0 radical (unpaired) electrons. The van der Waals surface area contributed by atoms with Gasteiger partial charge >= 0.3 is 31.1 Å². The molecule has 0 aliphatic carbocycles. The normalized spacial score (nSPS) is 15.4. The minimum absolute atomic E-state index is 0. The van der Waals surface area contributed by atoms with E-state index in [1.165, 1.54) is 24.9 Å². The molecule has 0 aromatic carbocycles. The first-order chi connectivity index (χ1) is 12.9. The maximum absolute atomic E-state index is 10.2. The molecule has 20 nitrogen and oxygen atoms in total. The molecule has 0 fully saturated rings. The number of amidine groups is 2. The molecule has 12 N–H and O–H groups in total. The summed E-state index contributed by atoms with van der Waals surface area (Å²) < 4.78 is 0. The standard InChI is InChI=1S/2C5H5N3O2.2NO3.2H2O.Zn/c2*6-4-3(5(9)10)7-1-2-8-4;2*2-1(3)4;;;/h2*1-2,6,9-10H;;;2*1H2;/q;;2*-1;;;+2/p+2. The van der Waals surface area contributed by atoms with Crippen LogP contribution in [-0.2, 0) is 30.4 Å². The first kappa shape index (κ1) is 37.4. The predicted molar refractivity (Wildman–Crippen MR) is 97.6 cm³/mol. The van der Waals surface area contributed by atoms with Crippen molar-refractivity contribution >= 4 is 36.5 Å². The second-order valence-electron chi connectivity index (χ2n) is 3.64. The number of rotatable bonds is 0. The van der Waals surface area contributed by atoms with Crippen molar-refractivity contribution in [3.63, 3.8) is 0 Å². The molecular weight excluding hydrogens is 490 g/mol. The smallest absolute Gasteiger partial charge is 0.628 e. The van der Waals surface area contributed by atoms with Crippen LogP contribution in [0.2, 0.25) is 0 Å². The van der Waals surface area contributed by atoms with E-state index in [4.69, 9.17) is 51.7 Å². The summed E-state index contributed by atoms with van der Waals surface area (Å²) in [6, 6.07) is 0. The summed E-state index contributed by atoms with van der Waals surface area (Å²) in [6.07, 6.45) is 5.23. The molecule has 0 unspecified atom stereocenters. The average Bonchev–Trinajstić information content (AvgIpc) is 2.54. The van der Waals surface area contributed by atoms with E-state index < -0.39 is 22.1 Å². The van der Waals surface area contributed by atoms with Gasteiger partial charge in [-0.15, -0.1) is 0 Å². The van der Waals surface area contributed by atoms with Gasteiger partial charge < -0.3 is 62.0 Å². The minimum Gasteiger partial charge on any atom is -0.628 e. The van der Waals surface area contributed by atoms with Crippen LogP contribution in [0.4, 0.5) is 0 Å². The molecule has 0 bridgehead atoms. The van der Waals surface area contributed by atoms with E-state index in [9.17, 15) is 10.2 Å². The summed E-state index contributed by atoms with van der Waals surface area (Å²) in [5.74, 6) is -2.44. The molecule has 0 aromatic heterocycles. The van der Waals surface area contributed by atoms with Gasteiger partial charge in [0.25, 0.3) is 0 Å². The van der Waals surface area contributed by atoms with Crippen molar-refractivity contribution in [1.82, 2.24) is 0 Å². The van der Waals surface area contributed by atoms with Crippen LogP contribution < -0.4 is 21.0 Å². The molecule has 0 atom stereocenters. The van der Waals surface area contributed by atoms with Gasteiger partial charge in [0.1, 0.15) is 0 Å². The monoisotopic (exact) mass is 504 g/mol. The van der Waals surface area contributed by atoms with Crippen LogP contribution in [0.25, 0.3) is 0 Å². The number of aliphatic imine (C=N–C) groups is 4. The number of nitrogens with two attached hydrogens (primary N) is 2. The van der Waals surface area contributed by atoms with Crippen molar-refractivity contribution in [3.8, 4) is 0 Å². The van der Waals surface area contributed by atoms with Crippen LogP contribution in [0.5, 0.6) is 0 Å². The molecule has 2 aliphatic heterocycles. The molecule has 0 aromatic rings. The summed E-state index contributed by atoms with van der Waals surface area (Å²) >= 11 is 0. The topological polar surface area (TPSA) is 386 Å². The molecule has 2 aliphatic rings. The predicted octanol–water partition coefficient (Wildman–Crippen LogP) is -7.55. The van der Waals surface area contributed by atoms with Crippen LogP contribution in [0.3, 0.4) is 0 Å². The van der Waals surface area contributed by atoms with Crippen LogP contribution in [0.1, 0.15) is 0 Å². The zero-order valence-corrected chi connectivity index (χ0v) is 18.1. The Morgan fingerprint density at radius 2 is 0.903 bits per heavy atom. The Morgan fingerprint density at radius 3 is 1.03 bits per heavy atom. The summed E-state index contributed by atoms with van der Waals surface area (Å²) in [6.45, 7) is 0. The largest absolute Gasteiger partial charge is 2.00 e. The third kappa shape index (κ3) is 21.8. The Labute approximate surface area is 182 Å². The van der Waals surface area contributed by atoms with Crippen LogP contribution in [0.15, 0.2) is 43.3 Å². The van der Waals surface area contributed by atoms with Gasteiger partial charge in [0.15, 0.2) is 23.8 Å². The molecule has 2 rings (SSSR count). The van der Waals surface area contributed by atoms with E-state index in [0.29, 0.717) is 0 Å². The van der Waals surface area contributed by atoms with Gasteiger partial charge in [-0.2, -0.15) is 0 Å². The fourth-order valence-electron chi connectivity index (χ4n) is 1.03. The maximum atomic E-state index is 10.2. The van der Waals surface area contributed by atoms with E-state index in [1.807, 2.05) is 0 Å². The molecule has 168 valence electrons. The van der Waals surface area contributed by atoms with Gasteiger partial charge in [0, 0.05) is 0 Å². The minimum atomic E-state index is -1.75. The average molecular weight is 506 g/mol. The molecule has 0 saturated heterocycles. The summed E-state index contributed by atoms with van der Waals surface area (Å²) in [4.78, 5) is 30.6. The van der Waals surface area contributed by atoms with E-state index in [0.717, 1.165) is 0 Å². The number of hydrogen-bond donors (Lipinski definition) is 4. The molecule has 31 heavy (non-hydrogen) atoms. The Morgan fingerprint density at radius 1 is 0.710 bits per heavy atom. The van der Waals surface area contributed by atoms with Crippen LogP contribution >= 0.6 is 0 Å². The van der Waals surface area contributed by atoms with Crippen molar-refractivity contribution in [2.24, 2.45) is 20.0 Å². The fraction of sp³-hybridized carbons (Fsp3) is 0. The molecule has 21 heteroatoms. The third-order valence-corrected chi connectivity index (χ3v) is 1.86. The quantitative estimate of drug-likeness (QED) is 0.0790. The van der Waals surface area contributed by atoms with Crippen LogP contribution in [0, 0.1) is 30.6 Å². The SMILES string of the molecule is O=[N+]([O-])[O-].O=[N+]([O-])[O-].[NH2+]=C1N=CC=N/C1=C(\[O-])O.[NH2+]=C1N=CC=N/C1=C(\[O-])O.[OH3+].[OH3+].[Zn+2]. The summed E-state index contributed by atoms with van der Waals surface area (Å²) in [5, 5.41) is 77.1. The van der Waals surface area contributed by atoms with Crippen molar-refractivity contribution in [2.45, 2.75) is 0 Å². The molecule has 0 spiro atoms. The van der Waals surface area contributed by atoms with Crippen LogP contribution in [-0.4, -0.2) is 56.9 Å². The molecule has 0 amide bonds. The summed E-state index contributed by atoms with van der Waals surface area (Å²) in [7, 11) is 0. The van der Waals surface area contributed by atoms with Gasteiger partial charge in [-0.3, -0.25) is 10.8 Å². The van der Waals surface area contributed by atoms with Gasteiger partial charge in [0.05, 0.1) is 34.5 Å². The van der Waals surface area contributed by atoms with E-state index >= 15 is 0 Å². The number of aliphatic hydroxyl groups is 2.